The van der Waals surface area contributed by atoms with Gasteiger partial charge >= 0.3 is 17.9 Å². The Labute approximate surface area is 196 Å². The minimum Gasteiger partial charge on any atom is -0.462 e. The standard InChI is InChI=1S/C26H38O7/c1-13-19(30)11-18-24(33-17(5)29)23-14(2)20(31-15(3)27)9-10-26(23,8)12-21(32-16(4)28)22(13)25(18,6)7/h18-21,23-24,30H,2,9-12H2,1,3-8H3/t18-,19+,20-,21-,23-,24+,26-/m0/s1. The van der Waals surface area contributed by atoms with E-state index >= 15 is 0 Å². The minimum absolute atomic E-state index is 0.245. The first-order chi connectivity index (χ1) is 15.2. The molecule has 0 saturated heterocycles. The van der Waals surface area contributed by atoms with E-state index in [-0.39, 0.29) is 23.8 Å². The minimum atomic E-state index is -0.736. The van der Waals surface area contributed by atoms with E-state index in [1.165, 1.54) is 20.8 Å². The zero-order chi connectivity index (χ0) is 24.9. The van der Waals surface area contributed by atoms with Crippen LogP contribution >= 0.6 is 0 Å². The van der Waals surface area contributed by atoms with Crippen LogP contribution in [0, 0.1) is 22.7 Å². The number of hydrogen-bond acceptors (Lipinski definition) is 7. The van der Waals surface area contributed by atoms with Gasteiger partial charge in [-0.25, -0.2) is 0 Å². The van der Waals surface area contributed by atoms with E-state index in [4.69, 9.17) is 14.2 Å². The van der Waals surface area contributed by atoms with Gasteiger partial charge in [0.1, 0.15) is 18.3 Å². The molecule has 3 aliphatic rings. The summed E-state index contributed by atoms with van der Waals surface area (Å²) < 4.78 is 17.5. The summed E-state index contributed by atoms with van der Waals surface area (Å²) in [6.45, 7) is 16.6. The van der Waals surface area contributed by atoms with Crippen LogP contribution in [0.15, 0.2) is 23.3 Å². The third-order valence-corrected chi connectivity index (χ3v) is 8.18. The molecule has 0 spiro atoms. The molecule has 0 aromatic heterocycles. The topological polar surface area (TPSA) is 99.1 Å². The first-order valence-electron chi connectivity index (χ1n) is 11.8. The van der Waals surface area contributed by atoms with Crippen molar-refractivity contribution in [1.29, 1.82) is 0 Å². The summed E-state index contributed by atoms with van der Waals surface area (Å²) in [5.41, 5.74) is 1.51. The first-order valence-corrected chi connectivity index (χ1v) is 11.8. The van der Waals surface area contributed by atoms with Crippen molar-refractivity contribution in [3.8, 4) is 0 Å². The summed E-state index contributed by atoms with van der Waals surface area (Å²) in [5, 5.41) is 11.0. The fourth-order valence-corrected chi connectivity index (χ4v) is 6.83. The highest BCUT2D eigenvalue weighted by Crippen LogP contribution is 2.60. The van der Waals surface area contributed by atoms with Crippen LogP contribution in [-0.4, -0.2) is 47.4 Å². The number of hydrogen-bond donors (Lipinski definition) is 1. The average Bonchev–Trinajstić information content (AvgIpc) is 2.64. The molecule has 2 bridgehead atoms. The van der Waals surface area contributed by atoms with Crippen LogP contribution in [0.4, 0.5) is 0 Å². The fraction of sp³-hybridized carbons (Fsp3) is 0.731. The van der Waals surface area contributed by atoms with Gasteiger partial charge in [-0.2, -0.15) is 0 Å². The molecule has 0 aliphatic heterocycles. The molecule has 0 heterocycles. The Hall–Kier alpha value is -2.15. The highest BCUT2D eigenvalue weighted by atomic mass is 16.6. The molecule has 1 N–H and O–H groups in total. The first kappa shape index (κ1) is 25.5. The molecule has 3 aliphatic carbocycles. The van der Waals surface area contributed by atoms with E-state index in [1.54, 1.807) is 0 Å². The molecule has 7 nitrogen and oxygen atoms in total. The highest BCUT2D eigenvalue weighted by Gasteiger charge is 2.59. The largest absolute Gasteiger partial charge is 0.462 e. The molecular weight excluding hydrogens is 424 g/mol. The molecule has 0 amide bonds. The van der Waals surface area contributed by atoms with Crippen molar-refractivity contribution in [2.75, 3.05) is 0 Å². The van der Waals surface area contributed by atoms with E-state index in [0.29, 0.717) is 31.3 Å². The molecule has 0 aromatic rings. The Bertz CT molecular complexity index is 885. The lowest BCUT2D eigenvalue weighted by Crippen LogP contribution is -2.58. The van der Waals surface area contributed by atoms with Crippen molar-refractivity contribution in [3.05, 3.63) is 23.3 Å². The Balaban J connectivity index is 2.23. The zero-order valence-corrected chi connectivity index (χ0v) is 20.9. The molecule has 7 heteroatoms. The van der Waals surface area contributed by atoms with Crippen LogP contribution in [0.25, 0.3) is 0 Å². The molecule has 33 heavy (non-hydrogen) atoms. The summed E-state index contributed by atoms with van der Waals surface area (Å²) in [6, 6.07) is 0. The summed E-state index contributed by atoms with van der Waals surface area (Å²) in [4.78, 5) is 36.2. The summed E-state index contributed by atoms with van der Waals surface area (Å²) in [7, 11) is 0. The van der Waals surface area contributed by atoms with Gasteiger partial charge < -0.3 is 19.3 Å². The lowest BCUT2D eigenvalue weighted by atomic mass is 9.50. The lowest BCUT2D eigenvalue weighted by molar-refractivity contribution is -0.173. The molecule has 2 saturated carbocycles. The maximum atomic E-state index is 12.3. The van der Waals surface area contributed by atoms with E-state index in [2.05, 4.69) is 27.4 Å². The van der Waals surface area contributed by atoms with Gasteiger partial charge in [0, 0.05) is 32.6 Å². The second kappa shape index (κ2) is 8.90. The van der Waals surface area contributed by atoms with Crippen molar-refractivity contribution in [2.45, 2.75) is 98.6 Å². The molecule has 0 aromatic carbocycles. The van der Waals surface area contributed by atoms with E-state index in [1.807, 2.05) is 6.92 Å². The van der Waals surface area contributed by atoms with Gasteiger partial charge in [0.15, 0.2) is 0 Å². The third-order valence-electron chi connectivity index (χ3n) is 8.18. The predicted octanol–water partition coefficient (Wildman–Crippen LogP) is 3.88. The number of carbonyl (C=O) groups excluding carboxylic acids is 3. The van der Waals surface area contributed by atoms with E-state index in [0.717, 1.165) is 11.1 Å². The third kappa shape index (κ3) is 4.61. The van der Waals surface area contributed by atoms with Gasteiger partial charge in [-0.1, -0.05) is 27.4 Å². The molecule has 0 radical (unpaired) electrons. The van der Waals surface area contributed by atoms with Gasteiger partial charge in [-0.15, -0.1) is 0 Å². The van der Waals surface area contributed by atoms with Gasteiger partial charge in [0.05, 0.1) is 6.10 Å². The lowest BCUT2D eigenvalue weighted by Gasteiger charge is -2.58. The molecular formula is C26H38O7. The predicted molar refractivity (Wildman–Crippen MR) is 122 cm³/mol. The van der Waals surface area contributed by atoms with Crippen molar-refractivity contribution >= 4 is 17.9 Å². The number of ether oxygens (including phenoxy) is 3. The van der Waals surface area contributed by atoms with Gasteiger partial charge in [-0.05, 0) is 60.2 Å². The van der Waals surface area contributed by atoms with E-state index < -0.39 is 41.2 Å². The van der Waals surface area contributed by atoms with Gasteiger partial charge in [0.25, 0.3) is 0 Å². The second-order valence-electron chi connectivity index (χ2n) is 10.9. The maximum Gasteiger partial charge on any atom is 0.303 e. The highest BCUT2D eigenvalue weighted by molar-refractivity contribution is 5.67. The van der Waals surface area contributed by atoms with Gasteiger partial charge in [-0.3, -0.25) is 14.4 Å². The Morgan fingerprint density at radius 1 is 0.970 bits per heavy atom. The fourth-order valence-electron chi connectivity index (χ4n) is 6.83. The van der Waals surface area contributed by atoms with Crippen molar-refractivity contribution in [2.24, 2.45) is 22.7 Å². The maximum absolute atomic E-state index is 12.3. The molecule has 3 rings (SSSR count). The summed E-state index contributed by atoms with van der Waals surface area (Å²) in [6.07, 6.45) is -0.102. The number of aliphatic hydroxyl groups is 1. The number of carbonyl (C=O) groups is 3. The number of fused-ring (bicyclic) bond motifs is 3. The van der Waals surface area contributed by atoms with Crippen LogP contribution in [0.5, 0.6) is 0 Å². The van der Waals surface area contributed by atoms with Crippen LogP contribution in [-0.2, 0) is 28.6 Å². The summed E-state index contributed by atoms with van der Waals surface area (Å²) in [5.74, 6) is -1.73. The van der Waals surface area contributed by atoms with Gasteiger partial charge in [0.2, 0.25) is 0 Å². The van der Waals surface area contributed by atoms with Crippen molar-refractivity contribution in [3.63, 3.8) is 0 Å². The molecule has 0 unspecified atom stereocenters. The van der Waals surface area contributed by atoms with E-state index in [9.17, 15) is 19.5 Å². The Morgan fingerprint density at radius 2 is 1.52 bits per heavy atom. The SMILES string of the molecule is C=C1[C@@H](OC(C)=O)CC[C@@]2(C)C[C@H](OC(C)=O)C3=C(C)[C@H](O)C[C@@H]([C@@H](OC(C)=O)[C@H]12)C3(C)C. The van der Waals surface area contributed by atoms with Crippen LogP contribution in [0.1, 0.15) is 74.1 Å². The monoisotopic (exact) mass is 462 g/mol. The number of rotatable bonds is 3. The average molecular weight is 463 g/mol. The molecule has 2 fully saturated rings. The summed E-state index contributed by atoms with van der Waals surface area (Å²) >= 11 is 0. The Kier molecular flexibility index (Phi) is 6.87. The van der Waals surface area contributed by atoms with Crippen LogP contribution < -0.4 is 0 Å². The zero-order valence-electron chi connectivity index (χ0n) is 20.9. The quantitative estimate of drug-likeness (QED) is 0.386. The smallest absolute Gasteiger partial charge is 0.303 e. The Morgan fingerprint density at radius 3 is 2.06 bits per heavy atom. The number of esters is 3. The van der Waals surface area contributed by atoms with Crippen molar-refractivity contribution in [1.82, 2.24) is 0 Å². The molecule has 184 valence electrons. The van der Waals surface area contributed by atoms with Crippen LogP contribution in [0.3, 0.4) is 0 Å². The number of aliphatic hydroxyl groups excluding tert-OH is 1. The molecule has 7 atom stereocenters. The second-order valence-corrected chi connectivity index (χ2v) is 10.9. The van der Waals surface area contributed by atoms with Crippen molar-refractivity contribution < 1.29 is 33.7 Å². The normalized spacial score (nSPS) is 37.9. The van der Waals surface area contributed by atoms with Crippen LogP contribution in [0.2, 0.25) is 0 Å².